The molecule has 0 radical (unpaired) electrons. The summed E-state index contributed by atoms with van der Waals surface area (Å²) in [5.74, 6) is -0.0203. The largest absolute Gasteiger partial charge is 0.382 e. The Morgan fingerprint density at radius 3 is 2.94 bits per heavy atom. The molecular weight excluding hydrogens is 236 g/mol. The number of hydrogen-bond donors (Lipinski definition) is 2. The standard InChI is InChI=1S/C11H16N4OS/c1-6-5-8(10(12)13)15-11(14-6)17-9-3-4-16-7(9)2/h5,7,9H,3-4H2,1-2H3,(H3,12,13). The quantitative estimate of drug-likeness (QED) is 0.482. The lowest BCUT2D eigenvalue weighted by Gasteiger charge is -2.12. The summed E-state index contributed by atoms with van der Waals surface area (Å²) in [6.07, 6.45) is 1.24. The number of aryl methyl sites for hydroxylation is 1. The summed E-state index contributed by atoms with van der Waals surface area (Å²) in [5.41, 5.74) is 6.77. The van der Waals surface area contributed by atoms with Crippen LogP contribution in [0.2, 0.25) is 0 Å². The van der Waals surface area contributed by atoms with Crippen molar-refractivity contribution in [2.45, 2.75) is 36.8 Å². The van der Waals surface area contributed by atoms with Crippen LogP contribution in [0.4, 0.5) is 0 Å². The Labute approximate surface area is 105 Å². The monoisotopic (exact) mass is 252 g/mol. The number of rotatable bonds is 3. The predicted octanol–water partition coefficient (Wildman–Crippen LogP) is 1.34. The Morgan fingerprint density at radius 2 is 2.35 bits per heavy atom. The first-order valence-corrected chi connectivity index (χ1v) is 6.42. The van der Waals surface area contributed by atoms with Gasteiger partial charge in [0.05, 0.1) is 6.10 Å². The van der Waals surface area contributed by atoms with Gasteiger partial charge in [-0.25, -0.2) is 9.97 Å². The van der Waals surface area contributed by atoms with Gasteiger partial charge in [-0.2, -0.15) is 0 Å². The van der Waals surface area contributed by atoms with Crippen LogP contribution in [0.25, 0.3) is 0 Å². The smallest absolute Gasteiger partial charge is 0.188 e. The van der Waals surface area contributed by atoms with E-state index in [9.17, 15) is 0 Å². The highest BCUT2D eigenvalue weighted by Crippen LogP contribution is 2.30. The minimum absolute atomic E-state index is 0.0203. The molecule has 2 unspecified atom stereocenters. The third-order valence-corrected chi connectivity index (χ3v) is 3.99. The average Bonchev–Trinajstić information content (AvgIpc) is 2.63. The van der Waals surface area contributed by atoms with Gasteiger partial charge < -0.3 is 10.5 Å². The van der Waals surface area contributed by atoms with E-state index in [-0.39, 0.29) is 11.9 Å². The van der Waals surface area contributed by atoms with E-state index in [0.717, 1.165) is 18.7 Å². The van der Waals surface area contributed by atoms with Crippen LogP contribution in [0, 0.1) is 12.3 Å². The van der Waals surface area contributed by atoms with Crippen molar-refractivity contribution < 1.29 is 4.74 Å². The van der Waals surface area contributed by atoms with E-state index in [2.05, 4.69) is 16.9 Å². The second-order valence-electron chi connectivity index (χ2n) is 4.11. The second kappa shape index (κ2) is 5.01. The molecule has 1 aromatic rings. The third-order valence-electron chi connectivity index (χ3n) is 2.67. The van der Waals surface area contributed by atoms with E-state index in [0.29, 0.717) is 16.1 Å². The molecule has 2 atom stereocenters. The van der Waals surface area contributed by atoms with E-state index in [4.69, 9.17) is 15.9 Å². The molecule has 6 heteroatoms. The summed E-state index contributed by atoms with van der Waals surface area (Å²) < 4.78 is 5.50. The number of nitrogen functional groups attached to an aromatic ring is 1. The van der Waals surface area contributed by atoms with Crippen LogP contribution >= 0.6 is 11.8 Å². The van der Waals surface area contributed by atoms with E-state index >= 15 is 0 Å². The van der Waals surface area contributed by atoms with Gasteiger partial charge in [-0.15, -0.1) is 0 Å². The second-order valence-corrected chi connectivity index (χ2v) is 5.32. The molecule has 0 amide bonds. The van der Waals surface area contributed by atoms with Crippen molar-refractivity contribution in [3.63, 3.8) is 0 Å². The Kier molecular flexibility index (Phi) is 3.63. The maximum absolute atomic E-state index is 7.41. The van der Waals surface area contributed by atoms with Crippen molar-refractivity contribution in [1.29, 1.82) is 5.41 Å². The third kappa shape index (κ3) is 2.95. The fourth-order valence-electron chi connectivity index (χ4n) is 1.73. The number of aromatic nitrogens is 2. The molecule has 5 nitrogen and oxygen atoms in total. The number of thioether (sulfide) groups is 1. The zero-order valence-corrected chi connectivity index (χ0v) is 10.8. The van der Waals surface area contributed by atoms with E-state index in [1.165, 1.54) is 0 Å². The highest BCUT2D eigenvalue weighted by Gasteiger charge is 2.26. The van der Waals surface area contributed by atoms with Crippen molar-refractivity contribution in [3.8, 4) is 0 Å². The molecule has 1 aliphatic rings. The number of amidine groups is 1. The molecule has 0 bridgehead atoms. The molecule has 1 aliphatic heterocycles. The summed E-state index contributed by atoms with van der Waals surface area (Å²) in [4.78, 5) is 8.64. The Morgan fingerprint density at radius 1 is 1.59 bits per heavy atom. The lowest BCUT2D eigenvalue weighted by molar-refractivity contribution is 0.127. The maximum Gasteiger partial charge on any atom is 0.188 e. The number of nitrogens with one attached hydrogen (secondary N) is 1. The summed E-state index contributed by atoms with van der Waals surface area (Å²) in [5, 5.41) is 8.47. The van der Waals surface area contributed by atoms with Crippen LogP contribution in [-0.4, -0.2) is 33.8 Å². The van der Waals surface area contributed by atoms with E-state index in [1.807, 2.05) is 6.92 Å². The Bertz CT molecular complexity index is 437. The van der Waals surface area contributed by atoms with Gasteiger partial charge >= 0.3 is 0 Å². The van der Waals surface area contributed by atoms with E-state index < -0.39 is 0 Å². The number of ether oxygens (including phenoxy) is 1. The highest BCUT2D eigenvalue weighted by molar-refractivity contribution is 7.99. The average molecular weight is 252 g/mol. The van der Waals surface area contributed by atoms with Gasteiger partial charge in [-0.05, 0) is 26.3 Å². The van der Waals surface area contributed by atoms with Crippen LogP contribution in [0.3, 0.4) is 0 Å². The molecule has 2 heterocycles. The van der Waals surface area contributed by atoms with Crippen molar-refractivity contribution in [1.82, 2.24) is 9.97 Å². The van der Waals surface area contributed by atoms with Crippen molar-refractivity contribution in [2.24, 2.45) is 5.73 Å². The van der Waals surface area contributed by atoms with Gasteiger partial charge in [0.25, 0.3) is 0 Å². The molecule has 2 rings (SSSR count). The molecule has 0 saturated carbocycles. The van der Waals surface area contributed by atoms with Crippen molar-refractivity contribution >= 4 is 17.6 Å². The first-order valence-electron chi connectivity index (χ1n) is 5.54. The predicted molar refractivity (Wildman–Crippen MR) is 67.5 cm³/mol. The molecule has 92 valence electrons. The van der Waals surface area contributed by atoms with Gasteiger partial charge in [0.15, 0.2) is 5.16 Å². The molecule has 3 N–H and O–H groups in total. The van der Waals surface area contributed by atoms with Crippen LogP contribution in [0.5, 0.6) is 0 Å². The number of hydrogen-bond acceptors (Lipinski definition) is 5. The van der Waals surface area contributed by atoms with Crippen LogP contribution in [0.15, 0.2) is 11.2 Å². The van der Waals surface area contributed by atoms with Crippen LogP contribution < -0.4 is 5.73 Å². The van der Waals surface area contributed by atoms with Crippen molar-refractivity contribution in [3.05, 3.63) is 17.5 Å². The molecule has 0 aliphatic carbocycles. The van der Waals surface area contributed by atoms with Gasteiger partial charge in [-0.1, -0.05) is 11.8 Å². The van der Waals surface area contributed by atoms with Crippen LogP contribution in [-0.2, 0) is 4.74 Å². The summed E-state index contributed by atoms with van der Waals surface area (Å²) in [7, 11) is 0. The summed E-state index contributed by atoms with van der Waals surface area (Å²) >= 11 is 1.61. The van der Waals surface area contributed by atoms with Gasteiger partial charge in [0, 0.05) is 17.6 Å². The minimum Gasteiger partial charge on any atom is -0.382 e. The lowest BCUT2D eigenvalue weighted by atomic mass is 10.3. The maximum atomic E-state index is 7.41. The minimum atomic E-state index is -0.0203. The molecule has 0 spiro atoms. The zero-order chi connectivity index (χ0) is 12.4. The lowest BCUT2D eigenvalue weighted by Crippen LogP contribution is -2.17. The Balaban J connectivity index is 2.17. The molecule has 0 aromatic carbocycles. The van der Waals surface area contributed by atoms with Crippen molar-refractivity contribution in [2.75, 3.05) is 6.61 Å². The fourth-order valence-corrected chi connectivity index (χ4v) is 2.84. The summed E-state index contributed by atoms with van der Waals surface area (Å²) in [6, 6.07) is 1.72. The molecule has 1 aromatic heterocycles. The fraction of sp³-hybridized carbons (Fsp3) is 0.545. The first kappa shape index (κ1) is 12.3. The van der Waals surface area contributed by atoms with Gasteiger partial charge in [0.2, 0.25) is 0 Å². The number of nitrogens with two attached hydrogens (primary N) is 1. The number of nitrogens with zero attached hydrogens (tertiary/aromatic N) is 2. The molecule has 1 fully saturated rings. The van der Waals surface area contributed by atoms with Gasteiger partial charge in [0.1, 0.15) is 11.5 Å². The Hall–Kier alpha value is -1.14. The normalized spacial score (nSPS) is 23.9. The molecule has 1 saturated heterocycles. The molecular formula is C11H16N4OS. The topological polar surface area (TPSA) is 84.9 Å². The SMILES string of the molecule is Cc1cc(C(=N)N)nc(SC2CCOC2C)n1. The first-order chi connectivity index (χ1) is 8.06. The van der Waals surface area contributed by atoms with Crippen LogP contribution in [0.1, 0.15) is 24.7 Å². The molecule has 17 heavy (non-hydrogen) atoms. The van der Waals surface area contributed by atoms with Gasteiger partial charge in [-0.3, -0.25) is 5.41 Å². The zero-order valence-electron chi connectivity index (χ0n) is 9.93. The van der Waals surface area contributed by atoms with E-state index in [1.54, 1.807) is 17.8 Å². The summed E-state index contributed by atoms with van der Waals surface area (Å²) in [6.45, 7) is 4.74. The highest BCUT2D eigenvalue weighted by atomic mass is 32.2.